The number of nitrogens with one attached hydrogen (secondary N) is 1. The van der Waals surface area contributed by atoms with Crippen LogP contribution < -0.4 is 9.62 Å². The average molecular weight is 514 g/mol. The Morgan fingerprint density at radius 1 is 0.943 bits per heavy atom. The molecule has 0 bridgehead atoms. The summed E-state index contributed by atoms with van der Waals surface area (Å²) < 4.78 is 28.3. The van der Waals surface area contributed by atoms with E-state index in [0.717, 1.165) is 15.4 Å². The molecule has 0 spiro atoms. The Labute approximate surface area is 211 Å². The number of carbonyl (C=O) groups excluding carboxylic acids is 2. The van der Waals surface area contributed by atoms with Crippen molar-refractivity contribution in [3.05, 3.63) is 95.0 Å². The minimum absolute atomic E-state index is 0.0666. The van der Waals surface area contributed by atoms with Crippen LogP contribution in [0.25, 0.3) is 0 Å². The maximum atomic E-state index is 13.6. The predicted octanol–water partition coefficient (Wildman–Crippen LogP) is 4.01. The standard InChI is InChI=1S/C26H28ClN3O4S/c1-19-9-15-23(16-10-19)30(35(33,34)24-7-5-4-6-8-24)18-25(31)29(20(2)26(32)28-3)17-21-11-13-22(27)14-12-21/h4-16,20H,17-18H2,1-3H3,(H,28,32)/t20-/m0/s1. The summed E-state index contributed by atoms with van der Waals surface area (Å²) in [5.74, 6) is -0.878. The van der Waals surface area contributed by atoms with E-state index in [1.807, 2.05) is 6.92 Å². The molecule has 1 N–H and O–H groups in total. The molecule has 0 fully saturated rings. The van der Waals surface area contributed by atoms with Crippen molar-refractivity contribution in [2.75, 3.05) is 17.9 Å². The van der Waals surface area contributed by atoms with Gasteiger partial charge in [0.2, 0.25) is 11.8 Å². The molecule has 0 unspecified atom stereocenters. The third-order valence-corrected chi connectivity index (χ3v) is 7.65. The van der Waals surface area contributed by atoms with Crippen molar-refractivity contribution in [2.45, 2.75) is 31.3 Å². The average Bonchev–Trinajstić information content (AvgIpc) is 2.87. The highest BCUT2D eigenvalue weighted by atomic mass is 35.5. The topological polar surface area (TPSA) is 86.8 Å². The fourth-order valence-corrected chi connectivity index (χ4v) is 5.10. The van der Waals surface area contributed by atoms with Crippen LogP contribution in [0.2, 0.25) is 5.02 Å². The van der Waals surface area contributed by atoms with Crippen LogP contribution in [0.4, 0.5) is 5.69 Å². The van der Waals surface area contributed by atoms with Gasteiger partial charge in [0.15, 0.2) is 0 Å². The number of likely N-dealkylation sites (N-methyl/N-ethyl adjacent to an activating group) is 1. The van der Waals surface area contributed by atoms with Gasteiger partial charge in [-0.3, -0.25) is 13.9 Å². The van der Waals surface area contributed by atoms with Crippen LogP contribution in [-0.4, -0.2) is 44.8 Å². The Balaban J connectivity index is 2.00. The van der Waals surface area contributed by atoms with Gasteiger partial charge < -0.3 is 10.2 Å². The summed E-state index contributed by atoms with van der Waals surface area (Å²) in [7, 11) is -2.57. The summed E-state index contributed by atoms with van der Waals surface area (Å²) in [5.41, 5.74) is 2.06. The van der Waals surface area contributed by atoms with Crippen molar-refractivity contribution in [3.63, 3.8) is 0 Å². The summed E-state index contributed by atoms with van der Waals surface area (Å²) in [5, 5.41) is 3.10. The first-order valence-corrected chi connectivity index (χ1v) is 12.8. The lowest BCUT2D eigenvalue weighted by atomic mass is 10.1. The number of hydrogen-bond acceptors (Lipinski definition) is 4. The minimum Gasteiger partial charge on any atom is -0.357 e. The quantitative estimate of drug-likeness (QED) is 0.468. The fourth-order valence-electron chi connectivity index (χ4n) is 3.54. The normalized spacial score (nSPS) is 12.0. The van der Waals surface area contributed by atoms with Gasteiger partial charge in [-0.2, -0.15) is 0 Å². The molecule has 35 heavy (non-hydrogen) atoms. The largest absolute Gasteiger partial charge is 0.357 e. The zero-order valence-electron chi connectivity index (χ0n) is 19.8. The fraction of sp³-hybridized carbons (Fsp3) is 0.231. The van der Waals surface area contributed by atoms with Crippen LogP contribution in [0.5, 0.6) is 0 Å². The van der Waals surface area contributed by atoms with Crippen molar-refractivity contribution in [1.82, 2.24) is 10.2 Å². The third-order valence-electron chi connectivity index (χ3n) is 5.61. The van der Waals surface area contributed by atoms with E-state index in [9.17, 15) is 18.0 Å². The molecule has 0 aliphatic heterocycles. The second kappa shape index (κ2) is 11.4. The number of aryl methyl sites for hydroxylation is 1. The summed E-state index contributed by atoms with van der Waals surface area (Å²) in [6.45, 7) is 3.13. The lowest BCUT2D eigenvalue weighted by Gasteiger charge is -2.31. The van der Waals surface area contributed by atoms with Crippen molar-refractivity contribution in [3.8, 4) is 0 Å². The number of sulfonamides is 1. The van der Waals surface area contributed by atoms with Crippen molar-refractivity contribution < 1.29 is 18.0 Å². The molecular formula is C26H28ClN3O4S. The number of benzene rings is 3. The highest BCUT2D eigenvalue weighted by Gasteiger charge is 2.32. The molecule has 0 aromatic heterocycles. The molecule has 3 rings (SSSR count). The van der Waals surface area contributed by atoms with Crippen molar-refractivity contribution >= 4 is 39.1 Å². The highest BCUT2D eigenvalue weighted by molar-refractivity contribution is 7.92. The molecule has 0 radical (unpaired) electrons. The smallest absolute Gasteiger partial charge is 0.264 e. The predicted molar refractivity (Wildman–Crippen MR) is 138 cm³/mol. The molecule has 9 heteroatoms. The number of amides is 2. The molecule has 0 saturated heterocycles. The summed E-state index contributed by atoms with van der Waals surface area (Å²) in [4.78, 5) is 27.5. The van der Waals surface area contributed by atoms with Gasteiger partial charge in [0.1, 0.15) is 12.6 Å². The van der Waals surface area contributed by atoms with Crippen LogP contribution >= 0.6 is 11.6 Å². The molecule has 2 amide bonds. The molecule has 7 nitrogen and oxygen atoms in total. The summed E-state index contributed by atoms with van der Waals surface area (Å²) in [6.07, 6.45) is 0. The molecule has 3 aromatic rings. The van der Waals surface area contributed by atoms with E-state index in [0.29, 0.717) is 10.7 Å². The Bertz CT molecular complexity index is 1260. The Hall–Kier alpha value is -3.36. The van der Waals surface area contributed by atoms with E-state index in [2.05, 4.69) is 5.32 Å². The lowest BCUT2D eigenvalue weighted by molar-refractivity contribution is -0.139. The van der Waals surface area contributed by atoms with E-state index >= 15 is 0 Å². The molecule has 0 heterocycles. The van der Waals surface area contributed by atoms with Crippen LogP contribution in [0.15, 0.2) is 83.8 Å². The van der Waals surface area contributed by atoms with E-state index in [1.165, 1.54) is 24.1 Å². The van der Waals surface area contributed by atoms with Gasteiger partial charge in [-0.25, -0.2) is 8.42 Å². The SMILES string of the molecule is CNC(=O)[C@H](C)N(Cc1ccc(Cl)cc1)C(=O)CN(c1ccc(C)cc1)S(=O)(=O)c1ccccc1. The van der Waals surface area contributed by atoms with Gasteiger partial charge in [0.05, 0.1) is 10.6 Å². The van der Waals surface area contributed by atoms with Gasteiger partial charge in [0.25, 0.3) is 10.0 Å². The summed E-state index contributed by atoms with van der Waals surface area (Å²) in [6, 6.07) is 20.9. The second-order valence-corrected chi connectivity index (χ2v) is 10.4. The van der Waals surface area contributed by atoms with Crippen LogP contribution in [0, 0.1) is 6.92 Å². The monoisotopic (exact) mass is 513 g/mol. The maximum absolute atomic E-state index is 13.6. The van der Waals surface area contributed by atoms with Gasteiger partial charge in [0, 0.05) is 18.6 Å². The molecule has 0 aliphatic rings. The van der Waals surface area contributed by atoms with Crippen LogP contribution in [-0.2, 0) is 26.2 Å². The first kappa shape index (κ1) is 26.2. The van der Waals surface area contributed by atoms with E-state index in [-0.39, 0.29) is 17.3 Å². The number of hydrogen-bond donors (Lipinski definition) is 1. The maximum Gasteiger partial charge on any atom is 0.264 e. The first-order chi connectivity index (χ1) is 16.6. The highest BCUT2D eigenvalue weighted by Crippen LogP contribution is 2.25. The van der Waals surface area contributed by atoms with Crippen molar-refractivity contribution in [1.29, 1.82) is 0 Å². The zero-order valence-corrected chi connectivity index (χ0v) is 21.4. The Kier molecular flexibility index (Phi) is 8.53. The number of halogens is 1. The third kappa shape index (κ3) is 6.41. The first-order valence-electron chi connectivity index (χ1n) is 11.0. The molecule has 0 saturated carbocycles. The number of nitrogens with zero attached hydrogens (tertiary/aromatic N) is 2. The van der Waals surface area contributed by atoms with Gasteiger partial charge in [-0.1, -0.05) is 59.6 Å². The van der Waals surface area contributed by atoms with Crippen molar-refractivity contribution in [2.24, 2.45) is 0 Å². The minimum atomic E-state index is -4.06. The van der Waals surface area contributed by atoms with E-state index in [1.54, 1.807) is 73.7 Å². The number of carbonyl (C=O) groups is 2. The van der Waals surface area contributed by atoms with Crippen LogP contribution in [0.3, 0.4) is 0 Å². The molecule has 184 valence electrons. The Morgan fingerprint density at radius 3 is 2.11 bits per heavy atom. The molecule has 3 aromatic carbocycles. The molecular weight excluding hydrogens is 486 g/mol. The number of rotatable bonds is 9. The van der Waals surface area contributed by atoms with Gasteiger partial charge in [-0.05, 0) is 55.8 Å². The summed E-state index contributed by atoms with van der Waals surface area (Å²) >= 11 is 5.98. The molecule has 1 atom stereocenters. The van der Waals surface area contributed by atoms with Gasteiger partial charge in [-0.15, -0.1) is 0 Å². The van der Waals surface area contributed by atoms with Crippen LogP contribution in [0.1, 0.15) is 18.1 Å². The molecule has 0 aliphatic carbocycles. The van der Waals surface area contributed by atoms with E-state index in [4.69, 9.17) is 11.6 Å². The van der Waals surface area contributed by atoms with Gasteiger partial charge >= 0.3 is 0 Å². The lowest BCUT2D eigenvalue weighted by Crippen LogP contribution is -2.50. The van der Waals surface area contributed by atoms with E-state index < -0.39 is 28.5 Å². The zero-order chi connectivity index (χ0) is 25.6. The number of anilines is 1. The second-order valence-electron chi connectivity index (χ2n) is 8.10. The Morgan fingerprint density at radius 2 is 1.54 bits per heavy atom.